The zero-order valence-electron chi connectivity index (χ0n) is 17.6. The van der Waals surface area contributed by atoms with Gasteiger partial charge in [0.2, 0.25) is 5.82 Å². The fraction of sp³-hybridized carbons (Fsp3) is 0.304. The summed E-state index contributed by atoms with van der Waals surface area (Å²) < 4.78 is 56.2. The molecule has 0 aliphatic heterocycles. The van der Waals surface area contributed by atoms with E-state index in [2.05, 4.69) is 4.98 Å². The molecule has 3 N–H and O–H groups in total. The number of alkyl halides is 3. The second-order valence-corrected chi connectivity index (χ2v) is 8.17. The fourth-order valence-electron chi connectivity index (χ4n) is 3.62. The molecule has 3 rings (SSSR count). The molecule has 0 unspecified atom stereocenters. The first-order chi connectivity index (χ1) is 16.0. The summed E-state index contributed by atoms with van der Waals surface area (Å²) in [4.78, 5) is 14.5. The number of aliphatic carboxylic acids is 1. The van der Waals surface area contributed by atoms with Crippen molar-refractivity contribution in [2.75, 3.05) is 0 Å². The lowest BCUT2D eigenvalue weighted by molar-refractivity contribution is -0.147. The first-order valence-corrected chi connectivity index (χ1v) is 10.6. The van der Waals surface area contributed by atoms with Crippen molar-refractivity contribution in [1.29, 1.82) is 0 Å². The van der Waals surface area contributed by atoms with Gasteiger partial charge in [0, 0.05) is 22.7 Å². The Morgan fingerprint density at radius 1 is 1.06 bits per heavy atom. The third kappa shape index (κ3) is 6.34. The number of halogens is 5. The van der Waals surface area contributed by atoms with Gasteiger partial charge in [-0.1, -0.05) is 23.7 Å². The van der Waals surface area contributed by atoms with Gasteiger partial charge in [-0.3, -0.25) is 4.79 Å². The van der Waals surface area contributed by atoms with Crippen LogP contribution in [0, 0.1) is 5.82 Å². The van der Waals surface area contributed by atoms with Crippen molar-refractivity contribution in [2.24, 2.45) is 0 Å². The molecule has 182 valence electrons. The van der Waals surface area contributed by atoms with Crippen molar-refractivity contribution in [1.82, 2.24) is 9.55 Å². The Bertz CT molecular complexity index is 1150. The number of carbonyl (C=O) groups is 1. The number of aliphatic hydroxyl groups is 2. The Labute approximate surface area is 197 Å². The number of imidazole rings is 1. The van der Waals surface area contributed by atoms with Gasteiger partial charge in [-0.05, 0) is 49.2 Å². The molecule has 0 fully saturated rings. The van der Waals surface area contributed by atoms with E-state index in [1.165, 1.54) is 18.2 Å². The third-order valence-electron chi connectivity index (χ3n) is 5.08. The van der Waals surface area contributed by atoms with E-state index in [9.17, 15) is 32.6 Å². The summed E-state index contributed by atoms with van der Waals surface area (Å²) in [7, 11) is 0. The van der Waals surface area contributed by atoms with Crippen LogP contribution in [0.3, 0.4) is 0 Å². The number of rotatable bonds is 9. The number of nitrogens with zero attached hydrogens (tertiary/aromatic N) is 2. The summed E-state index contributed by atoms with van der Waals surface area (Å²) in [5, 5.41) is 28.9. The molecule has 34 heavy (non-hydrogen) atoms. The molecule has 0 saturated heterocycles. The van der Waals surface area contributed by atoms with Gasteiger partial charge >= 0.3 is 12.1 Å². The Kier molecular flexibility index (Phi) is 7.96. The fourth-order valence-corrected chi connectivity index (χ4v) is 3.81. The Hall–Kier alpha value is -2.95. The smallest absolute Gasteiger partial charge is 0.449 e. The summed E-state index contributed by atoms with van der Waals surface area (Å²) >= 11 is 6.07. The van der Waals surface area contributed by atoms with Crippen LogP contribution in [-0.4, -0.2) is 43.0 Å². The molecule has 6 nitrogen and oxygen atoms in total. The van der Waals surface area contributed by atoms with Gasteiger partial charge < -0.3 is 19.9 Å². The minimum Gasteiger partial charge on any atom is -0.481 e. The average molecular weight is 501 g/mol. The molecule has 11 heteroatoms. The van der Waals surface area contributed by atoms with E-state index >= 15 is 0 Å². The first-order valence-electron chi connectivity index (χ1n) is 10.2. The highest BCUT2D eigenvalue weighted by atomic mass is 35.5. The summed E-state index contributed by atoms with van der Waals surface area (Å²) in [6, 6.07) is 11.0. The standard InChI is InChI=1S/C23H21ClF4N2O4/c24-15-3-1-2-14(10-15)21-20(13-4-6-16(25)7-5-13)29-22(23(26,27)28)30(21)9-8-17(31)11-18(32)12-19(33)34/h1-7,10,17-18,31-32H,8-9,11-12H2,(H,33,34)/t17-,18-/m1/s1. The molecule has 1 heterocycles. The first kappa shape index (κ1) is 25.7. The Morgan fingerprint density at radius 2 is 1.74 bits per heavy atom. The third-order valence-corrected chi connectivity index (χ3v) is 5.31. The molecule has 0 amide bonds. The van der Waals surface area contributed by atoms with E-state index in [-0.39, 0.29) is 41.4 Å². The van der Waals surface area contributed by atoms with Crippen LogP contribution in [-0.2, 0) is 17.5 Å². The predicted octanol–water partition coefficient (Wildman–Crippen LogP) is 5.01. The van der Waals surface area contributed by atoms with Crippen LogP contribution in [0.2, 0.25) is 5.02 Å². The van der Waals surface area contributed by atoms with Gasteiger partial charge in [0.1, 0.15) is 5.82 Å². The molecule has 0 aliphatic rings. The number of aromatic nitrogens is 2. The van der Waals surface area contributed by atoms with Crippen LogP contribution >= 0.6 is 11.6 Å². The van der Waals surface area contributed by atoms with Gasteiger partial charge in [-0.25, -0.2) is 9.37 Å². The predicted molar refractivity (Wildman–Crippen MR) is 117 cm³/mol. The van der Waals surface area contributed by atoms with Crippen LogP contribution < -0.4 is 0 Å². The monoisotopic (exact) mass is 500 g/mol. The summed E-state index contributed by atoms with van der Waals surface area (Å²) in [5.74, 6) is -3.05. The van der Waals surface area contributed by atoms with Crippen molar-refractivity contribution < 1.29 is 37.7 Å². The lowest BCUT2D eigenvalue weighted by Crippen LogP contribution is -2.23. The van der Waals surface area contributed by atoms with Crippen molar-refractivity contribution in [3.05, 3.63) is 65.2 Å². The molecular formula is C23H21ClF4N2O4. The maximum absolute atomic E-state index is 14.0. The van der Waals surface area contributed by atoms with Crippen molar-refractivity contribution >= 4 is 17.6 Å². The minimum absolute atomic E-state index is 0.0463. The number of benzene rings is 2. The zero-order chi connectivity index (χ0) is 25.0. The maximum Gasteiger partial charge on any atom is 0.449 e. The molecule has 0 aliphatic carbocycles. The number of carboxylic acid groups (broad SMARTS) is 1. The highest BCUT2D eigenvalue weighted by Crippen LogP contribution is 2.39. The van der Waals surface area contributed by atoms with Gasteiger partial charge in [-0.15, -0.1) is 0 Å². The molecule has 0 saturated carbocycles. The second-order valence-electron chi connectivity index (χ2n) is 7.73. The van der Waals surface area contributed by atoms with Gasteiger partial charge in [-0.2, -0.15) is 13.2 Å². The van der Waals surface area contributed by atoms with Crippen LogP contribution in [0.15, 0.2) is 48.5 Å². The molecule has 0 bridgehead atoms. The summed E-state index contributed by atoms with van der Waals surface area (Å²) in [6.07, 6.45) is -8.59. The van der Waals surface area contributed by atoms with E-state index in [0.29, 0.717) is 5.56 Å². The molecule has 2 aromatic carbocycles. The van der Waals surface area contributed by atoms with Crippen molar-refractivity contribution in [2.45, 2.75) is 44.2 Å². The van der Waals surface area contributed by atoms with E-state index < -0.39 is 42.4 Å². The van der Waals surface area contributed by atoms with Crippen LogP contribution in [0.25, 0.3) is 22.5 Å². The highest BCUT2D eigenvalue weighted by molar-refractivity contribution is 6.30. The lowest BCUT2D eigenvalue weighted by Gasteiger charge is -2.18. The molecule has 1 aromatic heterocycles. The number of hydrogen-bond acceptors (Lipinski definition) is 4. The molecule has 0 radical (unpaired) electrons. The summed E-state index contributed by atoms with van der Waals surface area (Å²) in [6.45, 7) is -0.341. The average Bonchev–Trinajstić information content (AvgIpc) is 3.12. The van der Waals surface area contributed by atoms with Gasteiger partial charge in [0.05, 0.1) is 30.0 Å². The molecule has 2 atom stereocenters. The molecule has 3 aromatic rings. The Morgan fingerprint density at radius 3 is 2.32 bits per heavy atom. The second kappa shape index (κ2) is 10.5. The minimum atomic E-state index is -4.85. The van der Waals surface area contributed by atoms with Gasteiger partial charge in [0.15, 0.2) is 0 Å². The van der Waals surface area contributed by atoms with E-state index in [0.717, 1.165) is 16.7 Å². The molecular weight excluding hydrogens is 480 g/mol. The largest absolute Gasteiger partial charge is 0.481 e. The lowest BCUT2D eigenvalue weighted by atomic mass is 10.0. The Balaban J connectivity index is 2.07. The zero-order valence-corrected chi connectivity index (χ0v) is 18.4. The number of aliphatic hydroxyl groups excluding tert-OH is 2. The number of carboxylic acids is 1. The molecule has 0 spiro atoms. The highest BCUT2D eigenvalue weighted by Gasteiger charge is 2.39. The summed E-state index contributed by atoms with van der Waals surface area (Å²) in [5.41, 5.74) is 0.600. The van der Waals surface area contributed by atoms with Crippen LogP contribution in [0.5, 0.6) is 0 Å². The number of hydrogen-bond donors (Lipinski definition) is 3. The quantitative estimate of drug-likeness (QED) is 0.359. The van der Waals surface area contributed by atoms with Crippen molar-refractivity contribution in [3.8, 4) is 22.5 Å². The van der Waals surface area contributed by atoms with Gasteiger partial charge in [0.25, 0.3) is 0 Å². The van der Waals surface area contributed by atoms with Crippen LogP contribution in [0.1, 0.15) is 25.1 Å². The van der Waals surface area contributed by atoms with E-state index in [4.69, 9.17) is 16.7 Å². The van der Waals surface area contributed by atoms with Crippen LogP contribution in [0.4, 0.5) is 17.6 Å². The SMILES string of the molecule is O=C(O)C[C@H](O)C[C@H](O)CCn1c(C(F)(F)F)nc(-c2ccc(F)cc2)c1-c1cccc(Cl)c1. The normalized spacial score (nSPS) is 13.6. The maximum atomic E-state index is 14.0. The van der Waals surface area contributed by atoms with Crippen molar-refractivity contribution in [3.63, 3.8) is 0 Å². The topological polar surface area (TPSA) is 95.6 Å². The van der Waals surface area contributed by atoms with E-state index in [1.54, 1.807) is 18.2 Å². The van der Waals surface area contributed by atoms with E-state index in [1.807, 2.05) is 0 Å².